The number of aliphatic carboxylic acids is 1. The highest BCUT2D eigenvalue weighted by Gasteiger charge is 2.10. The molecule has 0 radical (unpaired) electrons. The van der Waals surface area contributed by atoms with Crippen LogP contribution in [0.25, 0.3) is 11.1 Å². The molecule has 0 spiro atoms. The van der Waals surface area contributed by atoms with Crippen LogP contribution in [0.15, 0.2) is 60.7 Å². The molecule has 3 rings (SSSR count). The van der Waals surface area contributed by atoms with Gasteiger partial charge in [0.25, 0.3) is 0 Å². The second-order valence-electron chi connectivity index (χ2n) is 6.52. The maximum Gasteiger partial charge on any atom is 0.307 e. The first kappa shape index (κ1) is 19.8. The monoisotopic (exact) mass is 396 g/mol. The fraction of sp³-hybridized carbons (Fsp3) is 0.174. The van der Waals surface area contributed by atoms with Crippen molar-refractivity contribution in [1.82, 2.24) is 0 Å². The average Bonchev–Trinajstić information content (AvgIpc) is 2.67. The SMILES string of the molecule is COc1ccc(-c2cccc(CC(=O)O)c2)cc1COc1ccc(C)cc1Cl. The molecule has 0 fully saturated rings. The quantitative estimate of drug-likeness (QED) is 0.570. The molecule has 0 unspecified atom stereocenters. The number of ether oxygens (including phenoxy) is 2. The van der Waals surface area contributed by atoms with Crippen LogP contribution in [-0.4, -0.2) is 18.2 Å². The van der Waals surface area contributed by atoms with Gasteiger partial charge in [0.05, 0.1) is 18.6 Å². The lowest BCUT2D eigenvalue weighted by Crippen LogP contribution is -2.01. The number of hydrogen-bond donors (Lipinski definition) is 1. The fourth-order valence-corrected chi connectivity index (χ4v) is 3.27. The van der Waals surface area contributed by atoms with Crippen molar-refractivity contribution < 1.29 is 19.4 Å². The van der Waals surface area contributed by atoms with E-state index < -0.39 is 5.97 Å². The summed E-state index contributed by atoms with van der Waals surface area (Å²) in [6, 6.07) is 19.0. The van der Waals surface area contributed by atoms with Crippen molar-refractivity contribution >= 4 is 17.6 Å². The molecule has 0 aliphatic carbocycles. The highest BCUT2D eigenvalue weighted by Crippen LogP contribution is 2.30. The highest BCUT2D eigenvalue weighted by atomic mass is 35.5. The number of carboxylic acids is 1. The predicted molar refractivity (Wildman–Crippen MR) is 110 cm³/mol. The van der Waals surface area contributed by atoms with E-state index in [2.05, 4.69) is 0 Å². The van der Waals surface area contributed by atoms with Gasteiger partial charge in [-0.3, -0.25) is 4.79 Å². The molecular weight excluding hydrogens is 376 g/mol. The first-order valence-corrected chi connectivity index (χ1v) is 9.21. The van der Waals surface area contributed by atoms with E-state index in [1.807, 2.05) is 67.6 Å². The van der Waals surface area contributed by atoms with Crippen LogP contribution in [0.2, 0.25) is 5.02 Å². The fourth-order valence-electron chi connectivity index (χ4n) is 2.98. The number of halogens is 1. The lowest BCUT2D eigenvalue weighted by molar-refractivity contribution is -0.136. The predicted octanol–water partition coefficient (Wildman–Crippen LogP) is 5.53. The Bertz CT molecular complexity index is 998. The molecule has 1 N–H and O–H groups in total. The summed E-state index contributed by atoms with van der Waals surface area (Å²) in [6.45, 7) is 2.27. The molecule has 0 aromatic heterocycles. The van der Waals surface area contributed by atoms with Gasteiger partial charge >= 0.3 is 5.97 Å². The van der Waals surface area contributed by atoms with Crippen molar-refractivity contribution in [3.8, 4) is 22.6 Å². The van der Waals surface area contributed by atoms with Gasteiger partial charge in [-0.1, -0.05) is 48.0 Å². The van der Waals surface area contributed by atoms with E-state index in [1.165, 1.54) is 0 Å². The largest absolute Gasteiger partial charge is 0.496 e. The standard InChI is InChI=1S/C23H21ClO4/c1-15-6-8-22(20(24)10-15)28-14-19-13-18(7-9-21(19)27-2)17-5-3-4-16(11-17)12-23(25)26/h3-11,13H,12,14H2,1-2H3,(H,25,26). The number of hydrogen-bond acceptors (Lipinski definition) is 3. The summed E-state index contributed by atoms with van der Waals surface area (Å²) >= 11 is 6.25. The van der Waals surface area contributed by atoms with Crippen LogP contribution in [0.4, 0.5) is 0 Å². The molecule has 3 aromatic carbocycles. The van der Waals surface area contributed by atoms with E-state index in [1.54, 1.807) is 7.11 Å². The first-order chi connectivity index (χ1) is 13.5. The van der Waals surface area contributed by atoms with Crippen molar-refractivity contribution in [3.05, 3.63) is 82.4 Å². The normalized spacial score (nSPS) is 10.5. The summed E-state index contributed by atoms with van der Waals surface area (Å²) in [5.74, 6) is 0.479. The zero-order chi connectivity index (χ0) is 20.1. The van der Waals surface area contributed by atoms with Crippen molar-refractivity contribution in [3.63, 3.8) is 0 Å². The lowest BCUT2D eigenvalue weighted by Gasteiger charge is -2.14. The maximum absolute atomic E-state index is 11.0. The first-order valence-electron chi connectivity index (χ1n) is 8.83. The third-order valence-corrected chi connectivity index (χ3v) is 4.66. The minimum atomic E-state index is -0.851. The number of methoxy groups -OCH3 is 1. The zero-order valence-corrected chi connectivity index (χ0v) is 16.5. The molecule has 0 heterocycles. The Morgan fingerprint density at radius 1 is 1.00 bits per heavy atom. The van der Waals surface area contributed by atoms with Crippen LogP contribution in [0, 0.1) is 6.92 Å². The molecule has 4 nitrogen and oxygen atoms in total. The molecule has 0 saturated heterocycles. The number of carboxylic acid groups (broad SMARTS) is 1. The number of rotatable bonds is 7. The van der Waals surface area contributed by atoms with Gasteiger partial charge in [0.15, 0.2) is 0 Å². The summed E-state index contributed by atoms with van der Waals surface area (Å²) in [4.78, 5) is 11.0. The molecule has 0 aliphatic heterocycles. The summed E-state index contributed by atoms with van der Waals surface area (Å²) in [5, 5.41) is 9.58. The topological polar surface area (TPSA) is 55.8 Å². The van der Waals surface area contributed by atoms with E-state index in [0.717, 1.165) is 27.8 Å². The molecule has 0 aliphatic rings. The van der Waals surface area contributed by atoms with Crippen molar-refractivity contribution in [2.45, 2.75) is 20.0 Å². The minimum absolute atomic E-state index is 0.00805. The van der Waals surface area contributed by atoms with Gasteiger partial charge in [0.2, 0.25) is 0 Å². The van der Waals surface area contributed by atoms with Gasteiger partial charge < -0.3 is 14.6 Å². The maximum atomic E-state index is 11.0. The van der Waals surface area contributed by atoms with Crippen molar-refractivity contribution in [2.24, 2.45) is 0 Å². The Morgan fingerprint density at radius 3 is 2.46 bits per heavy atom. The Morgan fingerprint density at radius 2 is 1.75 bits per heavy atom. The Balaban J connectivity index is 1.86. The third kappa shape index (κ3) is 4.84. The van der Waals surface area contributed by atoms with E-state index in [9.17, 15) is 4.79 Å². The molecular formula is C23H21ClO4. The van der Waals surface area contributed by atoms with Gasteiger partial charge in [-0.25, -0.2) is 0 Å². The van der Waals surface area contributed by atoms with Crippen LogP contribution in [0.5, 0.6) is 11.5 Å². The molecule has 0 amide bonds. The molecule has 5 heteroatoms. The van der Waals surface area contributed by atoms with E-state index in [-0.39, 0.29) is 6.42 Å². The van der Waals surface area contributed by atoms with E-state index >= 15 is 0 Å². The Hall–Kier alpha value is -2.98. The number of carbonyl (C=O) groups is 1. The summed E-state index contributed by atoms with van der Waals surface area (Å²) < 4.78 is 11.4. The van der Waals surface area contributed by atoms with Gasteiger partial charge in [-0.15, -0.1) is 0 Å². The van der Waals surface area contributed by atoms with Gasteiger partial charge in [0, 0.05) is 5.56 Å². The van der Waals surface area contributed by atoms with Crippen LogP contribution >= 0.6 is 11.6 Å². The summed E-state index contributed by atoms with van der Waals surface area (Å²) in [5.41, 5.74) is 4.60. The lowest BCUT2D eigenvalue weighted by atomic mass is 9.99. The van der Waals surface area contributed by atoms with E-state index in [4.69, 9.17) is 26.2 Å². The summed E-state index contributed by atoms with van der Waals surface area (Å²) in [7, 11) is 1.62. The number of benzene rings is 3. The van der Waals surface area contributed by atoms with Crippen LogP contribution in [0.3, 0.4) is 0 Å². The van der Waals surface area contributed by atoms with Crippen LogP contribution in [0.1, 0.15) is 16.7 Å². The molecule has 0 saturated carbocycles. The smallest absolute Gasteiger partial charge is 0.307 e. The Labute approximate surface area is 169 Å². The molecule has 0 atom stereocenters. The van der Waals surface area contributed by atoms with Crippen LogP contribution < -0.4 is 9.47 Å². The third-order valence-electron chi connectivity index (χ3n) is 4.37. The van der Waals surface area contributed by atoms with Crippen molar-refractivity contribution in [1.29, 1.82) is 0 Å². The van der Waals surface area contributed by atoms with Crippen molar-refractivity contribution in [2.75, 3.05) is 7.11 Å². The minimum Gasteiger partial charge on any atom is -0.496 e. The van der Waals surface area contributed by atoms with Gasteiger partial charge in [-0.2, -0.15) is 0 Å². The second kappa shape index (κ2) is 8.81. The zero-order valence-electron chi connectivity index (χ0n) is 15.7. The summed E-state index contributed by atoms with van der Waals surface area (Å²) in [6.07, 6.45) is -0.00805. The molecule has 0 bridgehead atoms. The highest BCUT2D eigenvalue weighted by molar-refractivity contribution is 6.32. The van der Waals surface area contributed by atoms with E-state index in [0.29, 0.717) is 23.1 Å². The second-order valence-corrected chi connectivity index (χ2v) is 6.93. The number of aryl methyl sites for hydroxylation is 1. The molecule has 144 valence electrons. The average molecular weight is 397 g/mol. The van der Waals surface area contributed by atoms with Gasteiger partial charge in [0.1, 0.15) is 18.1 Å². The van der Waals surface area contributed by atoms with Crippen LogP contribution in [-0.2, 0) is 17.8 Å². The van der Waals surface area contributed by atoms with Gasteiger partial charge in [-0.05, 0) is 53.4 Å². The molecule has 28 heavy (non-hydrogen) atoms. The molecule has 3 aromatic rings. The Kier molecular flexibility index (Phi) is 6.22.